The molecule has 10 heteroatoms. The summed E-state index contributed by atoms with van der Waals surface area (Å²) in [6.45, 7) is 0. The summed E-state index contributed by atoms with van der Waals surface area (Å²) in [6.07, 6.45) is 1.39. The number of anilines is 1. The molecular weight excluding hydrogens is 406 g/mol. The maximum atomic E-state index is 12.9. The van der Waals surface area contributed by atoms with Crippen LogP contribution < -0.4 is 16.6 Å². The number of hydrogen-bond donors (Lipinski definition) is 1. The van der Waals surface area contributed by atoms with Crippen LogP contribution in [0.2, 0.25) is 0 Å². The number of carbonyl (C=O) groups excluding carboxylic acids is 2. The molecule has 1 N–H and O–H groups in total. The van der Waals surface area contributed by atoms with E-state index in [9.17, 15) is 19.2 Å². The average molecular weight is 425 g/mol. The maximum Gasteiger partial charge on any atom is 0.332 e. The SMILES string of the molecule is Cn1c(=O)c2cc(NC(=O)[C@@H]3CSCN3C(=O)c3ccccc3)cnc2n(C)c1=O. The Morgan fingerprint density at radius 2 is 1.87 bits per heavy atom. The van der Waals surface area contributed by atoms with Crippen molar-refractivity contribution in [3.63, 3.8) is 0 Å². The van der Waals surface area contributed by atoms with Gasteiger partial charge in [-0.3, -0.25) is 23.5 Å². The highest BCUT2D eigenvalue weighted by molar-refractivity contribution is 7.99. The first kappa shape index (κ1) is 19.9. The number of rotatable bonds is 3. The number of thioether (sulfide) groups is 1. The van der Waals surface area contributed by atoms with Gasteiger partial charge < -0.3 is 10.2 Å². The van der Waals surface area contributed by atoms with Gasteiger partial charge in [0.1, 0.15) is 11.7 Å². The summed E-state index contributed by atoms with van der Waals surface area (Å²) in [6, 6.07) is 9.67. The predicted octanol–water partition coefficient (Wildman–Crippen LogP) is 0.786. The molecule has 1 fully saturated rings. The van der Waals surface area contributed by atoms with E-state index in [4.69, 9.17) is 0 Å². The summed E-state index contributed by atoms with van der Waals surface area (Å²) in [7, 11) is 2.91. The Morgan fingerprint density at radius 3 is 2.60 bits per heavy atom. The molecule has 0 spiro atoms. The molecule has 2 aromatic heterocycles. The summed E-state index contributed by atoms with van der Waals surface area (Å²) >= 11 is 1.50. The molecule has 1 aliphatic heterocycles. The molecule has 1 aliphatic rings. The molecule has 1 atom stereocenters. The Morgan fingerprint density at radius 1 is 1.13 bits per heavy atom. The second-order valence-corrected chi connectivity index (χ2v) is 7.95. The third-order valence-corrected chi connectivity index (χ3v) is 6.04. The minimum Gasteiger partial charge on any atom is -0.323 e. The van der Waals surface area contributed by atoms with Gasteiger partial charge >= 0.3 is 5.69 Å². The van der Waals surface area contributed by atoms with E-state index in [1.807, 2.05) is 6.07 Å². The van der Waals surface area contributed by atoms with E-state index in [1.165, 1.54) is 47.6 Å². The van der Waals surface area contributed by atoms with E-state index >= 15 is 0 Å². The number of pyridine rings is 1. The Bertz CT molecular complexity index is 1270. The van der Waals surface area contributed by atoms with E-state index in [0.717, 1.165) is 4.57 Å². The Labute approximate surface area is 175 Å². The van der Waals surface area contributed by atoms with Crippen molar-refractivity contribution in [3.8, 4) is 0 Å². The van der Waals surface area contributed by atoms with Crippen molar-refractivity contribution in [1.82, 2.24) is 19.0 Å². The first-order valence-corrected chi connectivity index (χ1v) is 10.3. The third-order valence-electron chi connectivity index (χ3n) is 5.03. The number of amides is 2. The highest BCUT2D eigenvalue weighted by Crippen LogP contribution is 2.24. The molecule has 0 saturated carbocycles. The fourth-order valence-electron chi connectivity index (χ4n) is 3.37. The Hall–Kier alpha value is -3.40. The second kappa shape index (κ2) is 7.79. The van der Waals surface area contributed by atoms with Gasteiger partial charge in [0.05, 0.1) is 23.1 Å². The van der Waals surface area contributed by atoms with Gasteiger partial charge in [-0.15, -0.1) is 11.8 Å². The normalized spacial score (nSPS) is 16.1. The predicted molar refractivity (Wildman–Crippen MR) is 115 cm³/mol. The quantitative estimate of drug-likeness (QED) is 0.665. The van der Waals surface area contributed by atoms with Crippen molar-refractivity contribution in [1.29, 1.82) is 0 Å². The average Bonchev–Trinajstić information content (AvgIpc) is 3.26. The largest absolute Gasteiger partial charge is 0.332 e. The lowest BCUT2D eigenvalue weighted by molar-refractivity contribution is -0.119. The van der Waals surface area contributed by atoms with Gasteiger partial charge in [-0.2, -0.15) is 0 Å². The molecule has 4 rings (SSSR count). The van der Waals surface area contributed by atoms with Crippen LogP contribution in [0.25, 0.3) is 11.0 Å². The van der Waals surface area contributed by atoms with Crippen LogP contribution in [-0.2, 0) is 18.9 Å². The minimum atomic E-state index is -0.638. The van der Waals surface area contributed by atoms with Crippen LogP contribution in [0.4, 0.5) is 5.69 Å². The van der Waals surface area contributed by atoms with Crippen LogP contribution in [0.3, 0.4) is 0 Å². The summed E-state index contributed by atoms with van der Waals surface area (Å²) in [5, 5.41) is 2.97. The lowest BCUT2D eigenvalue weighted by Crippen LogP contribution is -2.44. The van der Waals surface area contributed by atoms with E-state index in [2.05, 4.69) is 10.3 Å². The van der Waals surface area contributed by atoms with Gasteiger partial charge in [0.25, 0.3) is 11.5 Å². The standard InChI is InChI=1S/C20H19N5O4S/c1-23-16-14(19(28)24(2)20(23)29)8-13(9-21-16)22-17(26)15-10-30-11-25(15)18(27)12-6-4-3-5-7-12/h3-9,15H,10-11H2,1-2H3,(H,22,26)/t15-/m0/s1. The van der Waals surface area contributed by atoms with Crippen molar-refractivity contribution >= 4 is 40.3 Å². The number of benzene rings is 1. The molecule has 3 heterocycles. The smallest absolute Gasteiger partial charge is 0.323 e. The van der Waals surface area contributed by atoms with Gasteiger partial charge in [0, 0.05) is 25.4 Å². The highest BCUT2D eigenvalue weighted by Gasteiger charge is 2.35. The van der Waals surface area contributed by atoms with E-state index in [1.54, 1.807) is 24.3 Å². The van der Waals surface area contributed by atoms with Crippen molar-refractivity contribution in [3.05, 3.63) is 69.0 Å². The van der Waals surface area contributed by atoms with E-state index in [0.29, 0.717) is 22.9 Å². The van der Waals surface area contributed by atoms with Gasteiger partial charge in [-0.1, -0.05) is 18.2 Å². The number of nitrogens with one attached hydrogen (secondary N) is 1. The molecule has 2 amide bonds. The number of aromatic nitrogens is 3. The highest BCUT2D eigenvalue weighted by atomic mass is 32.2. The first-order valence-electron chi connectivity index (χ1n) is 9.19. The van der Waals surface area contributed by atoms with Crippen molar-refractivity contribution in [2.24, 2.45) is 14.1 Å². The number of fused-ring (bicyclic) bond motifs is 1. The summed E-state index contributed by atoms with van der Waals surface area (Å²) in [5.74, 6) is 0.333. The molecule has 1 aromatic carbocycles. The minimum absolute atomic E-state index is 0.207. The second-order valence-electron chi connectivity index (χ2n) is 6.95. The molecule has 30 heavy (non-hydrogen) atoms. The monoisotopic (exact) mass is 425 g/mol. The molecule has 0 radical (unpaired) electrons. The molecule has 0 unspecified atom stereocenters. The van der Waals surface area contributed by atoms with Gasteiger partial charge in [-0.05, 0) is 18.2 Å². The van der Waals surface area contributed by atoms with Gasteiger partial charge in [0.15, 0.2) is 0 Å². The van der Waals surface area contributed by atoms with Gasteiger partial charge in [-0.25, -0.2) is 9.78 Å². The van der Waals surface area contributed by atoms with Crippen LogP contribution in [0.1, 0.15) is 10.4 Å². The molecule has 0 aliphatic carbocycles. The van der Waals surface area contributed by atoms with Crippen LogP contribution in [0, 0.1) is 0 Å². The van der Waals surface area contributed by atoms with Crippen molar-refractivity contribution in [2.45, 2.75) is 6.04 Å². The van der Waals surface area contributed by atoms with Crippen LogP contribution in [0.15, 0.2) is 52.2 Å². The number of hydrogen-bond acceptors (Lipinski definition) is 6. The van der Waals surface area contributed by atoms with E-state index in [-0.39, 0.29) is 22.8 Å². The summed E-state index contributed by atoms with van der Waals surface area (Å²) < 4.78 is 2.26. The zero-order valence-electron chi connectivity index (χ0n) is 16.4. The maximum absolute atomic E-state index is 12.9. The zero-order valence-corrected chi connectivity index (χ0v) is 17.2. The fraction of sp³-hybridized carbons (Fsp3) is 0.250. The molecule has 154 valence electrons. The van der Waals surface area contributed by atoms with Gasteiger partial charge in [0.2, 0.25) is 5.91 Å². The van der Waals surface area contributed by atoms with E-state index < -0.39 is 17.3 Å². The lowest BCUT2D eigenvalue weighted by Gasteiger charge is -2.23. The zero-order chi connectivity index (χ0) is 21.4. The lowest BCUT2D eigenvalue weighted by atomic mass is 10.1. The Kier molecular flexibility index (Phi) is 5.17. The molecule has 0 bridgehead atoms. The summed E-state index contributed by atoms with van der Waals surface area (Å²) in [5.41, 5.74) is 0.115. The third kappa shape index (κ3) is 3.39. The summed E-state index contributed by atoms with van der Waals surface area (Å²) in [4.78, 5) is 55.8. The number of carbonyl (C=O) groups is 2. The van der Waals surface area contributed by atoms with Crippen molar-refractivity contribution < 1.29 is 9.59 Å². The Balaban J connectivity index is 1.60. The first-order chi connectivity index (χ1) is 14.4. The van der Waals surface area contributed by atoms with Crippen LogP contribution in [0.5, 0.6) is 0 Å². The number of nitrogens with zero attached hydrogens (tertiary/aromatic N) is 4. The molecule has 3 aromatic rings. The van der Waals surface area contributed by atoms with Crippen molar-refractivity contribution in [2.75, 3.05) is 16.9 Å². The van der Waals surface area contributed by atoms with Crippen LogP contribution in [-0.4, -0.2) is 48.5 Å². The molecule has 1 saturated heterocycles. The van der Waals surface area contributed by atoms with Crippen LogP contribution >= 0.6 is 11.8 Å². The number of aryl methyl sites for hydroxylation is 1. The molecule has 9 nitrogen and oxygen atoms in total. The topological polar surface area (TPSA) is 106 Å². The fourth-order valence-corrected chi connectivity index (χ4v) is 4.52. The molecular formula is C20H19N5O4S.